The molecule has 1 heterocycles. The van der Waals surface area contributed by atoms with E-state index in [0.29, 0.717) is 28.2 Å². The van der Waals surface area contributed by atoms with Crippen molar-refractivity contribution in [2.24, 2.45) is 0 Å². The van der Waals surface area contributed by atoms with Crippen molar-refractivity contribution < 1.29 is 9.59 Å². The van der Waals surface area contributed by atoms with Crippen LogP contribution in [0, 0.1) is 5.41 Å². The van der Waals surface area contributed by atoms with Gasteiger partial charge in [0.05, 0.1) is 10.6 Å². The molecular weight excluding hydrogens is 372 g/mol. The fourth-order valence-electron chi connectivity index (χ4n) is 2.77. The van der Waals surface area contributed by atoms with Crippen molar-refractivity contribution in [1.82, 2.24) is 5.32 Å². The van der Waals surface area contributed by atoms with Crippen LogP contribution in [-0.2, 0) is 11.2 Å². The highest BCUT2D eigenvalue weighted by molar-refractivity contribution is 7.12. The lowest BCUT2D eigenvalue weighted by molar-refractivity contribution is -0.118. The van der Waals surface area contributed by atoms with E-state index < -0.39 is 6.04 Å². The third-order valence-corrected chi connectivity index (χ3v) is 5.06. The molecule has 3 rings (SSSR count). The summed E-state index contributed by atoms with van der Waals surface area (Å²) >= 11 is 1.31. The number of nitrogens with one attached hydrogen (secondary N) is 3. The first-order chi connectivity index (χ1) is 13.6. The Hall–Kier alpha value is -3.45. The zero-order chi connectivity index (χ0) is 19.9. The lowest BCUT2D eigenvalue weighted by Gasteiger charge is -2.19. The van der Waals surface area contributed by atoms with Crippen molar-refractivity contribution >= 4 is 40.7 Å². The van der Waals surface area contributed by atoms with Crippen molar-refractivity contribution in [2.75, 3.05) is 11.1 Å². The Bertz CT molecular complexity index is 971. The number of carbonyl (C=O) groups is 2. The third kappa shape index (κ3) is 4.63. The van der Waals surface area contributed by atoms with Crippen LogP contribution in [0.5, 0.6) is 0 Å². The van der Waals surface area contributed by atoms with Crippen LogP contribution in [0.1, 0.15) is 20.8 Å². The van der Waals surface area contributed by atoms with Crippen molar-refractivity contribution in [3.8, 4) is 0 Å². The molecule has 0 aliphatic carbocycles. The number of benzene rings is 2. The topological polar surface area (TPSA) is 108 Å². The van der Waals surface area contributed by atoms with E-state index in [2.05, 4.69) is 10.6 Å². The number of hydrogen-bond acceptors (Lipinski definition) is 5. The molecule has 3 aromatic rings. The summed E-state index contributed by atoms with van der Waals surface area (Å²) in [5, 5.41) is 15.0. The molecule has 0 bridgehead atoms. The quantitative estimate of drug-likeness (QED) is 0.366. The van der Waals surface area contributed by atoms with Crippen LogP contribution >= 0.6 is 11.3 Å². The highest BCUT2D eigenvalue weighted by atomic mass is 32.1. The fraction of sp³-hybridized carbons (Fsp3) is 0.0952. The number of nitrogen functional groups attached to an aromatic ring is 1. The molecule has 1 atom stereocenters. The Morgan fingerprint density at radius 2 is 1.86 bits per heavy atom. The maximum absolute atomic E-state index is 13.0. The van der Waals surface area contributed by atoms with E-state index in [1.54, 1.807) is 30.3 Å². The lowest BCUT2D eigenvalue weighted by atomic mass is 10.0. The molecule has 0 radical (unpaired) electrons. The van der Waals surface area contributed by atoms with E-state index in [0.717, 1.165) is 11.8 Å². The molecule has 7 heteroatoms. The van der Waals surface area contributed by atoms with Crippen molar-refractivity contribution in [3.63, 3.8) is 0 Å². The molecule has 0 fully saturated rings. The largest absolute Gasteiger partial charge is 0.398 e. The summed E-state index contributed by atoms with van der Waals surface area (Å²) in [4.78, 5) is 26.0. The number of rotatable bonds is 7. The van der Waals surface area contributed by atoms with E-state index in [-0.39, 0.29) is 11.8 Å². The van der Waals surface area contributed by atoms with E-state index >= 15 is 0 Å². The molecule has 142 valence electrons. The lowest BCUT2D eigenvalue weighted by Crippen LogP contribution is -2.45. The third-order valence-electron chi connectivity index (χ3n) is 4.19. The van der Waals surface area contributed by atoms with Gasteiger partial charge in [0, 0.05) is 23.9 Å². The molecule has 1 aromatic heterocycles. The van der Waals surface area contributed by atoms with Gasteiger partial charge in [-0.3, -0.25) is 9.59 Å². The maximum atomic E-state index is 13.0. The number of hydrogen-bond donors (Lipinski definition) is 4. The van der Waals surface area contributed by atoms with Gasteiger partial charge in [-0.1, -0.05) is 42.5 Å². The summed E-state index contributed by atoms with van der Waals surface area (Å²) in [5.74, 6) is -0.673. The first kappa shape index (κ1) is 19.3. The molecule has 0 aliphatic heterocycles. The number of amides is 2. The summed E-state index contributed by atoms with van der Waals surface area (Å²) in [6.07, 6.45) is 1.44. The zero-order valence-electron chi connectivity index (χ0n) is 15.0. The van der Waals surface area contributed by atoms with Gasteiger partial charge in [-0.2, -0.15) is 0 Å². The summed E-state index contributed by atoms with van der Waals surface area (Å²) in [7, 11) is 0. The molecule has 1 unspecified atom stereocenters. The second kappa shape index (κ2) is 8.96. The van der Waals surface area contributed by atoms with E-state index in [4.69, 9.17) is 11.1 Å². The van der Waals surface area contributed by atoms with E-state index in [1.807, 2.05) is 35.7 Å². The molecule has 28 heavy (non-hydrogen) atoms. The van der Waals surface area contributed by atoms with Gasteiger partial charge >= 0.3 is 0 Å². The molecule has 2 aromatic carbocycles. The van der Waals surface area contributed by atoms with Gasteiger partial charge in [-0.25, -0.2) is 0 Å². The molecule has 0 saturated carbocycles. The average Bonchev–Trinajstić information content (AvgIpc) is 3.23. The highest BCUT2D eigenvalue weighted by Crippen LogP contribution is 2.20. The summed E-state index contributed by atoms with van der Waals surface area (Å²) < 4.78 is 0. The first-order valence-corrected chi connectivity index (χ1v) is 9.54. The molecule has 2 amide bonds. The van der Waals surface area contributed by atoms with Gasteiger partial charge < -0.3 is 21.8 Å². The summed E-state index contributed by atoms with van der Waals surface area (Å²) in [5.41, 5.74) is 8.07. The summed E-state index contributed by atoms with van der Waals surface area (Å²) in [6, 6.07) is 17.2. The average molecular weight is 392 g/mol. The minimum atomic E-state index is -0.781. The number of anilines is 2. The van der Waals surface area contributed by atoms with Crippen LogP contribution in [-0.4, -0.2) is 24.1 Å². The standard InChI is InChI=1S/C21H20N4O2S/c22-13-15-16(23)8-4-9-17(15)24-20(26)18(12-14-6-2-1-3-7-14)25-21(27)19-10-5-11-28-19/h1-11,13,18,22H,12,23H2,(H,24,26)(H,25,27). The Morgan fingerprint density at radius 1 is 1.07 bits per heavy atom. The minimum Gasteiger partial charge on any atom is -0.398 e. The van der Waals surface area contributed by atoms with Crippen molar-refractivity contribution in [3.05, 3.63) is 82.0 Å². The number of thiophene rings is 1. The Morgan fingerprint density at radius 3 is 2.54 bits per heavy atom. The number of nitrogens with two attached hydrogens (primary N) is 1. The summed E-state index contributed by atoms with van der Waals surface area (Å²) in [6.45, 7) is 0. The Balaban J connectivity index is 1.83. The molecule has 0 saturated heterocycles. The molecule has 6 nitrogen and oxygen atoms in total. The fourth-order valence-corrected chi connectivity index (χ4v) is 3.40. The predicted molar refractivity (Wildman–Crippen MR) is 113 cm³/mol. The monoisotopic (exact) mass is 392 g/mol. The van der Waals surface area contributed by atoms with Gasteiger partial charge in [-0.15, -0.1) is 11.3 Å². The Labute approximate surface area is 166 Å². The van der Waals surface area contributed by atoms with Crippen LogP contribution in [0.25, 0.3) is 0 Å². The van der Waals surface area contributed by atoms with E-state index in [9.17, 15) is 9.59 Å². The second-order valence-corrected chi connectivity index (χ2v) is 7.08. The van der Waals surface area contributed by atoms with Gasteiger partial charge in [0.1, 0.15) is 6.04 Å². The second-order valence-electron chi connectivity index (χ2n) is 6.14. The van der Waals surface area contributed by atoms with Gasteiger partial charge in [0.15, 0.2) is 0 Å². The first-order valence-electron chi connectivity index (χ1n) is 8.66. The van der Waals surface area contributed by atoms with E-state index in [1.165, 1.54) is 11.3 Å². The zero-order valence-corrected chi connectivity index (χ0v) is 15.8. The van der Waals surface area contributed by atoms with Gasteiger partial charge in [-0.05, 0) is 29.1 Å². The molecule has 0 aliphatic rings. The molecule has 5 N–H and O–H groups in total. The van der Waals surface area contributed by atoms with Gasteiger partial charge in [0.2, 0.25) is 5.91 Å². The van der Waals surface area contributed by atoms with Crippen molar-refractivity contribution in [1.29, 1.82) is 5.41 Å². The smallest absolute Gasteiger partial charge is 0.262 e. The predicted octanol–water partition coefficient (Wildman–Crippen LogP) is 3.31. The maximum Gasteiger partial charge on any atom is 0.262 e. The van der Waals surface area contributed by atoms with Crippen molar-refractivity contribution in [2.45, 2.75) is 12.5 Å². The Kier molecular flexibility index (Phi) is 6.18. The molecular formula is C21H20N4O2S. The number of carbonyl (C=O) groups excluding carboxylic acids is 2. The minimum absolute atomic E-state index is 0.300. The van der Waals surface area contributed by atoms with Crippen LogP contribution in [0.3, 0.4) is 0 Å². The van der Waals surface area contributed by atoms with Crippen LogP contribution in [0.4, 0.5) is 11.4 Å². The molecule has 0 spiro atoms. The van der Waals surface area contributed by atoms with Gasteiger partial charge in [0.25, 0.3) is 5.91 Å². The SMILES string of the molecule is N=Cc1c(N)cccc1NC(=O)C(Cc1ccccc1)NC(=O)c1cccs1. The van der Waals surface area contributed by atoms with Crippen LogP contribution in [0.15, 0.2) is 66.0 Å². The van der Waals surface area contributed by atoms with Crippen LogP contribution < -0.4 is 16.4 Å². The highest BCUT2D eigenvalue weighted by Gasteiger charge is 2.23. The van der Waals surface area contributed by atoms with Crippen LogP contribution in [0.2, 0.25) is 0 Å². The normalized spacial score (nSPS) is 11.4.